The van der Waals surface area contributed by atoms with Crippen molar-refractivity contribution >= 4 is 0 Å². The molecule has 0 aromatic heterocycles. The molecule has 0 spiro atoms. The minimum absolute atomic E-state index is 0.206. The fourth-order valence-electron chi connectivity index (χ4n) is 2.85. The largest absolute Gasteiger partial charge is 0.488 e. The first-order chi connectivity index (χ1) is 8.36. The lowest BCUT2D eigenvalue weighted by atomic mass is 9.79. The van der Waals surface area contributed by atoms with Gasteiger partial charge in [-0.1, -0.05) is 37.5 Å². The monoisotopic (exact) mass is 232 g/mol. The van der Waals surface area contributed by atoms with Crippen LogP contribution in [0.15, 0.2) is 24.3 Å². The molecule has 0 saturated heterocycles. The number of ether oxygens (including phenoxy) is 1. The van der Waals surface area contributed by atoms with E-state index in [1.54, 1.807) is 0 Å². The van der Waals surface area contributed by atoms with Gasteiger partial charge in [0.1, 0.15) is 11.9 Å². The second-order valence-electron chi connectivity index (χ2n) is 5.27. The summed E-state index contributed by atoms with van der Waals surface area (Å²) in [7, 11) is 0. The van der Waals surface area contributed by atoms with Crippen LogP contribution in [0.2, 0.25) is 0 Å². The molecule has 3 nitrogen and oxygen atoms in total. The molecule has 0 amide bonds. The maximum Gasteiger partial charge on any atom is 0.123 e. The minimum Gasteiger partial charge on any atom is -0.488 e. The van der Waals surface area contributed by atoms with Gasteiger partial charge in [-0.2, -0.15) is 0 Å². The molecule has 0 radical (unpaired) electrons. The molecule has 1 heterocycles. The molecule has 1 aromatic rings. The predicted octanol–water partition coefficient (Wildman–Crippen LogP) is 2.01. The first-order valence-corrected chi connectivity index (χ1v) is 6.57. The van der Waals surface area contributed by atoms with Gasteiger partial charge in [0.05, 0.1) is 6.04 Å². The molecule has 1 saturated carbocycles. The number of hydrogen-bond donors (Lipinski definition) is 2. The van der Waals surface area contributed by atoms with Crippen molar-refractivity contribution < 1.29 is 4.74 Å². The molecule has 2 aliphatic rings. The maximum atomic E-state index is 5.99. The van der Waals surface area contributed by atoms with E-state index in [2.05, 4.69) is 17.6 Å². The van der Waals surface area contributed by atoms with Crippen LogP contribution >= 0.6 is 0 Å². The van der Waals surface area contributed by atoms with Crippen LogP contribution in [0.25, 0.3) is 0 Å². The Bertz CT molecular complexity index is 365. The fraction of sp³-hybridized carbons (Fsp3) is 0.571. The Kier molecular flexibility index (Phi) is 3.04. The van der Waals surface area contributed by atoms with Crippen LogP contribution in [0.5, 0.6) is 5.75 Å². The molecule has 2 unspecified atom stereocenters. The summed E-state index contributed by atoms with van der Waals surface area (Å²) in [6.07, 6.45) is 6.44. The van der Waals surface area contributed by atoms with Crippen molar-refractivity contribution in [2.45, 2.75) is 44.2 Å². The highest BCUT2D eigenvalue weighted by Gasteiger charge is 2.32. The van der Waals surface area contributed by atoms with Gasteiger partial charge in [-0.25, -0.2) is 0 Å². The first-order valence-electron chi connectivity index (χ1n) is 6.57. The first kappa shape index (κ1) is 11.1. The van der Waals surface area contributed by atoms with Crippen LogP contribution in [0.1, 0.15) is 31.2 Å². The van der Waals surface area contributed by atoms with Crippen LogP contribution in [0.3, 0.4) is 0 Å². The van der Waals surface area contributed by atoms with Gasteiger partial charge in [-0.3, -0.25) is 11.3 Å². The summed E-state index contributed by atoms with van der Waals surface area (Å²) < 4.78 is 5.99. The molecule has 1 aliphatic carbocycles. The van der Waals surface area contributed by atoms with Gasteiger partial charge in [0, 0.05) is 6.42 Å². The van der Waals surface area contributed by atoms with Gasteiger partial charge in [-0.05, 0) is 24.0 Å². The van der Waals surface area contributed by atoms with Gasteiger partial charge in [0.15, 0.2) is 0 Å². The van der Waals surface area contributed by atoms with Gasteiger partial charge in [-0.15, -0.1) is 0 Å². The summed E-state index contributed by atoms with van der Waals surface area (Å²) in [5.74, 6) is 7.57. The number of rotatable bonds is 4. The Labute approximate surface area is 102 Å². The Morgan fingerprint density at radius 2 is 2.18 bits per heavy atom. The van der Waals surface area contributed by atoms with E-state index < -0.39 is 0 Å². The van der Waals surface area contributed by atoms with E-state index in [1.807, 2.05) is 12.1 Å². The zero-order chi connectivity index (χ0) is 11.7. The molecule has 0 bridgehead atoms. The summed E-state index contributed by atoms with van der Waals surface area (Å²) in [5.41, 5.74) is 4.26. The topological polar surface area (TPSA) is 47.3 Å². The van der Waals surface area contributed by atoms with Crippen LogP contribution in [0, 0.1) is 5.92 Å². The Morgan fingerprint density at radius 3 is 2.82 bits per heavy atom. The second kappa shape index (κ2) is 4.67. The standard InChI is InChI=1S/C14H20N2O/c15-16-12(8-10-4-3-5-10)14-9-11-6-1-2-7-13(11)17-14/h1-2,6-7,10,12,14,16H,3-5,8-9,15H2. The number of hydrazine groups is 1. The lowest BCUT2D eigenvalue weighted by Crippen LogP contribution is -2.47. The third-order valence-corrected chi connectivity index (χ3v) is 4.15. The quantitative estimate of drug-likeness (QED) is 0.616. The summed E-state index contributed by atoms with van der Waals surface area (Å²) >= 11 is 0. The SMILES string of the molecule is NNC(CC1CCC1)C1Cc2ccccc2O1. The van der Waals surface area contributed by atoms with E-state index in [9.17, 15) is 0 Å². The summed E-state index contributed by atoms with van der Waals surface area (Å²) in [6.45, 7) is 0. The van der Waals surface area contributed by atoms with Crippen molar-refractivity contribution in [3.8, 4) is 5.75 Å². The van der Waals surface area contributed by atoms with Crippen LogP contribution in [-0.2, 0) is 6.42 Å². The van der Waals surface area contributed by atoms with Crippen LogP contribution in [-0.4, -0.2) is 12.1 Å². The maximum absolute atomic E-state index is 5.99. The lowest BCUT2D eigenvalue weighted by molar-refractivity contribution is 0.142. The van der Waals surface area contributed by atoms with Gasteiger partial charge < -0.3 is 4.74 Å². The van der Waals surface area contributed by atoms with E-state index in [0.29, 0.717) is 0 Å². The predicted molar refractivity (Wildman–Crippen MR) is 67.6 cm³/mol. The number of fused-ring (bicyclic) bond motifs is 1. The van der Waals surface area contributed by atoms with E-state index in [4.69, 9.17) is 10.6 Å². The smallest absolute Gasteiger partial charge is 0.123 e. The summed E-state index contributed by atoms with van der Waals surface area (Å²) in [4.78, 5) is 0. The normalized spacial score (nSPS) is 24.9. The van der Waals surface area contributed by atoms with Gasteiger partial charge >= 0.3 is 0 Å². The van der Waals surface area contributed by atoms with Crippen molar-refractivity contribution in [1.82, 2.24) is 5.43 Å². The third kappa shape index (κ3) is 2.17. The zero-order valence-corrected chi connectivity index (χ0v) is 10.1. The third-order valence-electron chi connectivity index (χ3n) is 4.15. The van der Waals surface area contributed by atoms with Crippen molar-refractivity contribution in [3.05, 3.63) is 29.8 Å². The highest BCUT2D eigenvalue weighted by Crippen LogP contribution is 2.35. The van der Waals surface area contributed by atoms with E-state index in [-0.39, 0.29) is 12.1 Å². The Balaban J connectivity index is 1.65. The number of hydrogen-bond acceptors (Lipinski definition) is 3. The Morgan fingerprint density at radius 1 is 1.35 bits per heavy atom. The van der Waals surface area contributed by atoms with Crippen LogP contribution in [0.4, 0.5) is 0 Å². The van der Waals surface area contributed by atoms with Crippen LogP contribution < -0.4 is 16.0 Å². The average Bonchev–Trinajstić information content (AvgIpc) is 2.71. The average molecular weight is 232 g/mol. The molecule has 1 aromatic carbocycles. The molecule has 3 heteroatoms. The van der Waals surface area contributed by atoms with Crippen molar-refractivity contribution in [2.75, 3.05) is 0 Å². The van der Waals surface area contributed by atoms with Gasteiger partial charge in [0.2, 0.25) is 0 Å². The molecule has 92 valence electrons. The number of benzene rings is 1. The molecule has 1 aliphatic heterocycles. The van der Waals surface area contributed by atoms with Crippen molar-refractivity contribution in [1.29, 1.82) is 0 Å². The zero-order valence-electron chi connectivity index (χ0n) is 10.1. The number of nitrogens with two attached hydrogens (primary N) is 1. The van der Waals surface area contributed by atoms with E-state index >= 15 is 0 Å². The Hall–Kier alpha value is -1.06. The molecule has 2 atom stereocenters. The number of para-hydroxylation sites is 1. The molecule has 3 N–H and O–H groups in total. The molecular weight excluding hydrogens is 212 g/mol. The molecule has 3 rings (SSSR count). The van der Waals surface area contributed by atoms with Crippen molar-refractivity contribution in [3.63, 3.8) is 0 Å². The fourth-order valence-corrected chi connectivity index (χ4v) is 2.85. The summed E-state index contributed by atoms with van der Waals surface area (Å²) in [5, 5.41) is 0. The second-order valence-corrected chi connectivity index (χ2v) is 5.27. The minimum atomic E-state index is 0.206. The van der Waals surface area contributed by atoms with Gasteiger partial charge in [0.25, 0.3) is 0 Å². The van der Waals surface area contributed by atoms with E-state index in [1.165, 1.54) is 24.8 Å². The van der Waals surface area contributed by atoms with E-state index in [0.717, 1.165) is 24.5 Å². The van der Waals surface area contributed by atoms with Crippen molar-refractivity contribution in [2.24, 2.45) is 11.8 Å². The summed E-state index contributed by atoms with van der Waals surface area (Å²) in [6, 6.07) is 8.57. The highest BCUT2D eigenvalue weighted by atomic mass is 16.5. The molecular formula is C14H20N2O. The molecule has 17 heavy (non-hydrogen) atoms. The number of nitrogens with one attached hydrogen (secondary N) is 1. The highest BCUT2D eigenvalue weighted by molar-refractivity contribution is 5.37. The lowest BCUT2D eigenvalue weighted by Gasteiger charge is -2.31. The molecule has 1 fully saturated rings.